The van der Waals surface area contributed by atoms with Crippen LogP contribution in [-0.4, -0.2) is 46.4 Å². The van der Waals surface area contributed by atoms with E-state index in [1.54, 1.807) is 0 Å². The molecule has 0 aromatic carbocycles. The predicted octanol–water partition coefficient (Wildman–Crippen LogP) is 4.19. The molecular weight excluding hydrogens is 459 g/mol. The van der Waals surface area contributed by atoms with Crippen molar-refractivity contribution in [3.63, 3.8) is 0 Å². The van der Waals surface area contributed by atoms with Crippen LogP contribution in [0.4, 0.5) is 52.7 Å². The van der Waals surface area contributed by atoms with Crippen molar-refractivity contribution in [1.82, 2.24) is 0 Å². The number of halogens is 14. The highest BCUT2D eigenvalue weighted by molar-refractivity contribution is 6.26. The lowest BCUT2D eigenvalue weighted by molar-refractivity contribution is -0.319. The van der Waals surface area contributed by atoms with Crippen LogP contribution in [0.25, 0.3) is 0 Å². The molecule has 0 amide bonds. The van der Waals surface area contributed by atoms with E-state index in [0.29, 0.717) is 0 Å². The van der Waals surface area contributed by atoms with Gasteiger partial charge in [-0.15, -0.1) is 0 Å². The SMILES string of the molecule is O=C(OOC(=O)C(F)(F)C(F)(Cl)C(F)(F)F)C(F)(F)C(F)(Cl)C(F)(F)F. The van der Waals surface area contributed by atoms with Gasteiger partial charge in [0.05, 0.1) is 0 Å². The number of carbonyl (C=O) groups is 2. The summed E-state index contributed by atoms with van der Waals surface area (Å²) in [7, 11) is 0. The highest BCUT2D eigenvalue weighted by Crippen LogP contribution is 2.50. The van der Waals surface area contributed by atoms with Crippen molar-refractivity contribution in [3.05, 3.63) is 0 Å². The van der Waals surface area contributed by atoms with Crippen molar-refractivity contribution in [2.45, 2.75) is 34.5 Å². The van der Waals surface area contributed by atoms with E-state index in [2.05, 4.69) is 33.0 Å². The van der Waals surface area contributed by atoms with Gasteiger partial charge in [-0.25, -0.2) is 28.1 Å². The van der Waals surface area contributed by atoms with Crippen LogP contribution in [0, 0.1) is 0 Å². The van der Waals surface area contributed by atoms with Gasteiger partial charge in [-0.3, -0.25) is 0 Å². The van der Waals surface area contributed by atoms with E-state index in [-0.39, 0.29) is 0 Å². The van der Waals surface area contributed by atoms with Crippen LogP contribution in [0.5, 0.6) is 0 Å². The van der Waals surface area contributed by atoms with E-state index in [1.165, 1.54) is 0 Å². The van der Waals surface area contributed by atoms with E-state index in [4.69, 9.17) is 0 Å². The van der Waals surface area contributed by atoms with E-state index in [1.807, 2.05) is 0 Å². The summed E-state index contributed by atoms with van der Waals surface area (Å²) in [6, 6.07) is 0. The Hall–Kier alpha value is -1.32. The molecule has 0 rings (SSSR count). The molecular formula is C8Cl2F12O4. The zero-order valence-corrected chi connectivity index (χ0v) is 12.4. The fourth-order valence-electron chi connectivity index (χ4n) is 0.793. The van der Waals surface area contributed by atoms with E-state index in [9.17, 15) is 62.3 Å². The van der Waals surface area contributed by atoms with Gasteiger partial charge in [0.15, 0.2) is 0 Å². The zero-order valence-electron chi connectivity index (χ0n) is 10.9. The Morgan fingerprint density at radius 3 is 0.885 bits per heavy atom. The Morgan fingerprint density at radius 1 is 0.538 bits per heavy atom. The molecule has 2 atom stereocenters. The van der Waals surface area contributed by atoms with Gasteiger partial charge in [-0.05, 0) is 0 Å². The summed E-state index contributed by atoms with van der Waals surface area (Å²) in [5, 5.41) is -12.4. The smallest absolute Gasteiger partial charge is 0.240 e. The van der Waals surface area contributed by atoms with E-state index < -0.39 is 46.4 Å². The molecule has 0 spiro atoms. The number of carbonyl (C=O) groups excluding carboxylic acids is 2. The van der Waals surface area contributed by atoms with Gasteiger partial charge >= 0.3 is 46.4 Å². The average molecular weight is 459 g/mol. The molecule has 0 N–H and O–H groups in total. The first-order valence-electron chi connectivity index (χ1n) is 5.13. The van der Waals surface area contributed by atoms with Gasteiger partial charge < -0.3 is 0 Å². The summed E-state index contributed by atoms with van der Waals surface area (Å²) in [4.78, 5) is 26.0. The van der Waals surface area contributed by atoms with Crippen LogP contribution in [0.1, 0.15) is 0 Å². The summed E-state index contributed by atoms with van der Waals surface area (Å²) < 4.78 is 149. The monoisotopic (exact) mass is 458 g/mol. The Balaban J connectivity index is 5.38. The van der Waals surface area contributed by atoms with Crippen LogP contribution < -0.4 is 0 Å². The minimum absolute atomic E-state index is 2.41. The summed E-state index contributed by atoms with van der Waals surface area (Å²) in [6.45, 7) is 0. The summed E-state index contributed by atoms with van der Waals surface area (Å²) >= 11 is 7.55. The topological polar surface area (TPSA) is 52.6 Å². The fraction of sp³-hybridized carbons (Fsp3) is 0.750. The first kappa shape index (κ1) is 24.7. The Labute approximate surface area is 142 Å². The molecule has 0 aliphatic rings. The van der Waals surface area contributed by atoms with Crippen LogP contribution >= 0.6 is 23.2 Å². The molecule has 0 radical (unpaired) electrons. The lowest BCUT2D eigenvalue weighted by atomic mass is 10.2. The molecule has 0 fully saturated rings. The van der Waals surface area contributed by atoms with Crippen LogP contribution in [0.3, 0.4) is 0 Å². The second-order valence-corrected chi connectivity index (χ2v) is 5.08. The molecule has 26 heavy (non-hydrogen) atoms. The standard InChI is InChI=1S/C8Cl2F12O4/c9-5(15,7(17,18)19)3(11,12)1(23)25-26-2(24)4(13,14)6(10,16)8(20,21)22. The summed E-state index contributed by atoms with van der Waals surface area (Å²) in [5.74, 6) is -20.6. The second kappa shape index (κ2) is 6.69. The van der Waals surface area contributed by atoms with Crippen LogP contribution in [0.15, 0.2) is 0 Å². The number of hydrogen-bond acceptors (Lipinski definition) is 4. The Bertz CT molecular complexity index is 517. The molecule has 0 heterocycles. The maximum atomic E-state index is 12.9. The molecule has 0 saturated heterocycles. The first-order valence-corrected chi connectivity index (χ1v) is 5.88. The molecule has 0 saturated carbocycles. The number of hydrogen-bond donors (Lipinski definition) is 0. The molecule has 4 nitrogen and oxygen atoms in total. The molecule has 2 unspecified atom stereocenters. The molecule has 0 aliphatic heterocycles. The third kappa shape index (κ3) is 3.99. The van der Waals surface area contributed by atoms with Crippen molar-refractivity contribution in [1.29, 1.82) is 0 Å². The van der Waals surface area contributed by atoms with Crippen LogP contribution in [0.2, 0.25) is 0 Å². The van der Waals surface area contributed by atoms with Gasteiger partial charge in [0.1, 0.15) is 0 Å². The average Bonchev–Trinajstić information content (AvgIpc) is 2.40. The van der Waals surface area contributed by atoms with Gasteiger partial charge in [-0.2, -0.15) is 43.9 Å². The molecule has 0 bridgehead atoms. The highest BCUT2D eigenvalue weighted by Gasteiger charge is 2.77. The van der Waals surface area contributed by atoms with Crippen molar-refractivity contribution < 1.29 is 72.0 Å². The Morgan fingerprint density at radius 2 is 0.731 bits per heavy atom. The molecule has 0 aromatic rings. The fourth-order valence-corrected chi connectivity index (χ4v) is 0.947. The molecule has 0 aliphatic carbocycles. The first-order chi connectivity index (χ1) is 11.0. The highest BCUT2D eigenvalue weighted by atomic mass is 35.5. The van der Waals surface area contributed by atoms with Gasteiger partial charge in [-0.1, -0.05) is 23.2 Å². The van der Waals surface area contributed by atoms with E-state index in [0.717, 1.165) is 0 Å². The van der Waals surface area contributed by atoms with E-state index >= 15 is 0 Å². The molecule has 18 heteroatoms. The summed E-state index contributed by atoms with van der Waals surface area (Å²) in [6.07, 6.45) is -13.3. The summed E-state index contributed by atoms with van der Waals surface area (Å²) in [5.41, 5.74) is 0. The zero-order chi connectivity index (χ0) is 21.6. The lowest BCUT2D eigenvalue weighted by Crippen LogP contribution is -2.57. The second-order valence-electron chi connectivity index (χ2n) is 4.03. The van der Waals surface area contributed by atoms with Crippen molar-refractivity contribution in [2.75, 3.05) is 0 Å². The predicted molar refractivity (Wildman–Crippen MR) is 53.6 cm³/mol. The Kier molecular flexibility index (Phi) is 6.35. The van der Waals surface area contributed by atoms with Crippen LogP contribution in [-0.2, 0) is 19.4 Å². The minimum Gasteiger partial charge on any atom is -0.240 e. The third-order valence-corrected chi connectivity index (χ3v) is 3.11. The van der Waals surface area contributed by atoms with Gasteiger partial charge in [0, 0.05) is 0 Å². The molecule has 0 aromatic heterocycles. The molecule has 154 valence electrons. The largest absolute Gasteiger partial charge is 0.443 e. The number of rotatable bonds is 4. The maximum Gasteiger partial charge on any atom is 0.443 e. The van der Waals surface area contributed by atoms with Crippen molar-refractivity contribution in [2.24, 2.45) is 0 Å². The van der Waals surface area contributed by atoms with Gasteiger partial charge in [0.25, 0.3) is 0 Å². The van der Waals surface area contributed by atoms with Gasteiger partial charge in [0.2, 0.25) is 0 Å². The quantitative estimate of drug-likeness (QED) is 0.274. The van der Waals surface area contributed by atoms with Crippen molar-refractivity contribution >= 4 is 35.1 Å². The minimum atomic E-state index is -6.66. The lowest BCUT2D eigenvalue weighted by Gasteiger charge is -2.28. The third-order valence-electron chi connectivity index (χ3n) is 2.21. The van der Waals surface area contributed by atoms with Crippen molar-refractivity contribution in [3.8, 4) is 0 Å². The normalized spacial score (nSPS) is 18.5. The maximum absolute atomic E-state index is 12.9. The number of alkyl halides is 14.